The second-order valence-electron chi connectivity index (χ2n) is 5.25. The highest BCUT2D eigenvalue weighted by Crippen LogP contribution is 2.26. The summed E-state index contributed by atoms with van der Waals surface area (Å²) in [5.41, 5.74) is 2.16. The first-order valence-electron chi connectivity index (χ1n) is 7.21. The van der Waals surface area contributed by atoms with Gasteiger partial charge in [0.2, 0.25) is 0 Å². The number of ether oxygens (including phenoxy) is 1. The predicted molar refractivity (Wildman–Crippen MR) is 77.0 cm³/mol. The van der Waals surface area contributed by atoms with Crippen LogP contribution in [0.4, 0.5) is 18.9 Å². The molecule has 1 heterocycles. The van der Waals surface area contributed by atoms with Crippen molar-refractivity contribution in [2.45, 2.75) is 25.9 Å². The summed E-state index contributed by atoms with van der Waals surface area (Å²) in [6.07, 6.45) is -4.01. The van der Waals surface area contributed by atoms with Crippen molar-refractivity contribution in [3.05, 3.63) is 23.8 Å². The number of rotatable bonds is 4. The van der Waals surface area contributed by atoms with E-state index >= 15 is 0 Å². The highest BCUT2D eigenvalue weighted by molar-refractivity contribution is 5.56. The molecular weight excluding hydrogens is 281 g/mol. The molecule has 0 aromatic heterocycles. The number of hydrogen-bond acceptors (Lipinski definition) is 3. The van der Waals surface area contributed by atoms with Gasteiger partial charge in [0.15, 0.2) is 0 Å². The Bertz CT molecular complexity index is 455. The van der Waals surface area contributed by atoms with Crippen LogP contribution in [0, 0.1) is 6.92 Å². The lowest BCUT2D eigenvalue weighted by atomic mass is 10.1. The fourth-order valence-electron chi connectivity index (χ4n) is 2.44. The molecule has 21 heavy (non-hydrogen) atoms. The molecule has 6 heteroatoms. The maximum atomic E-state index is 12.1. The summed E-state index contributed by atoms with van der Waals surface area (Å²) < 4.78 is 41.5. The van der Waals surface area contributed by atoms with Crippen LogP contribution in [0.25, 0.3) is 0 Å². The summed E-state index contributed by atoms with van der Waals surface area (Å²) >= 11 is 0. The Kier molecular flexibility index (Phi) is 5.33. The molecule has 118 valence electrons. The van der Waals surface area contributed by atoms with Crippen molar-refractivity contribution >= 4 is 5.69 Å². The normalized spacial score (nSPS) is 16.7. The van der Waals surface area contributed by atoms with Crippen LogP contribution in [-0.4, -0.2) is 39.0 Å². The SMILES string of the molecule is Cc1cc(OCCC(F)(F)F)ccc1N1CCCNCC1. The van der Waals surface area contributed by atoms with Gasteiger partial charge >= 0.3 is 6.18 Å². The number of nitrogens with one attached hydrogen (secondary N) is 1. The molecule has 2 rings (SSSR count). The molecule has 0 spiro atoms. The number of benzene rings is 1. The van der Waals surface area contributed by atoms with E-state index in [1.807, 2.05) is 19.1 Å². The van der Waals surface area contributed by atoms with Crippen LogP contribution < -0.4 is 15.0 Å². The Morgan fingerprint density at radius 2 is 2.05 bits per heavy atom. The third-order valence-electron chi connectivity index (χ3n) is 3.50. The van der Waals surface area contributed by atoms with Crippen LogP contribution in [0.3, 0.4) is 0 Å². The van der Waals surface area contributed by atoms with E-state index in [0.29, 0.717) is 5.75 Å². The Balaban J connectivity index is 1.96. The van der Waals surface area contributed by atoms with Crippen LogP contribution in [0.15, 0.2) is 18.2 Å². The van der Waals surface area contributed by atoms with Crippen LogP contribution >= 0.6 is 0 Å². The molecule has 1 aliphatic rings. The zero-order valence-electron chi connectivity index (χ0n) is 12.2. The first-order valence-corrected chi connectivity index (χ1v) is 7.21. The standard InChI is InChI=1S/C15H21F3N2O/c1-12-11-13(21-10-5-15(16,17)18)3-4-14(12)20-8-2-6-19-7-9-20/h3-4,11,19H,2,5-10H2,1H3. The van der Waals surface area contributed by atoms with Crippen molar-refractivity contribution in [1.82, 2.24) is 5.32 Å². The van der Waals surface area contributed by atoms with E-state index in [-0.39, 0.29) is 6.61 Å². The second-order valence-corrected chi connectivity index (χ2v) is 5.25. The van der Waals surface area contributed by atoms with Gasteiger partial charge in [-0.3, -0.25) is 0 Å². The smallest absolute Gasteiger partial charge is 0.392 e. The number of halogens is 3. The van der Waals surface area contributed by atoms with E-state index in [1.54, 1.807) is 6.07 Å². The number of anilines is 1. The Morgan fingerprint density at radius 3 is 2.76 bits per heavy atom. The monoisotopic (exact) mass is 302 g/mol. The van der Waals surface area contributed by atoms with E-state index in [1.165, 1.54) is 0 Å². The van der Waals surface area contributed by atoms with Gasteiger partial charge in [0.25, 0.3) is 0 Å². The molecule has 1 saturated heterocycles. The van der Waals surface area contributed by atoms with Crippen molar-refractivity contribution in [3.8, 4) is 5.75 Å². The van der Waals surface area contributed by atoms with Crippen molar-refractivity contribution < 1.29 is 17.9 Å². The molecule has 1 aliphatic heterocycles. The summed E-state index contributed by atoms with van der Waals surface area (Å²) in [6, 6.07) is 5.49. The molecule has 0 aliphatic carbocycles. The highest BCUT2D eigenvalue weighted by atomic mass is 19.4. The molecule has 1 N–H and O–H groups in total. The molecule has 0 saturated carbocycles. The summed E-state index contributed by atoms with van der Waals surface area (Å²) in [5.74, 6) is 0.494. The second kappa shape index (κ2) is 7.02. The molecule has 0 bridgehead atoms. The largest absolute Gasteiger partial charge is 0.493 e. The van der Waals surface area contributed by atoms with Gasteiger partial charge in [0.1, 0.15) is 5.75 Å². The van der Waals surface area contributed by atoms with Gasteiger partial charge in [-0.25, -0.2) is 0 Å². The number of aryl methyl sites for hydroxylation is 1. The van der Waals surface area contributed by atoms with Crippen molar-refractivity contribution in [2.75, 3.05) is 37.7 Å². The topological polar surface area (TPSA) is 24.5 Å². The molecule has 0 radical (unpaired) electrons. The predicted octanol–water partition coefficient (Wildman–Crippen LogP) is 3.13. The van der Waals surface area contributed by atoms with Crippen LogP contribution in [0.5, 0.6) is 5.75 Å². The third-order valence-corrected chi connectivity index (χ3v) is 3.50. The number of alkyl halides is 3. The fourth-order valence-corrected chi connectivity index (χ4v) is 2.44. The Labute approximate surface area is 123 Å². The summed E-state index contributed by atoms with van der Waals surface area (Å²) in [5, 5.41) is 3.35. The maximum absolute atomic E-state index is 12.1. The van der Waals surface area contributed by atoms with Gasteiger partial charge in [-0.2, -0.15) is 13.2 Å². The molecular formula is C15H21F3N2O. The molecule has 1 aromatic rings. The molecule has 0 atom stereocenters. The van der Waals surface area contributed by atoms with Crippen molar-refractivity contribution in [3.63, 3.8) is 0 Å². The quantitative estimate of drug-likeness (QED) is 0.925. The number of nitrogens with zero attached hydrogens (tertiary/aromatic N) is 1. The molecule has 1 fully saturated rings. The van der Waals surface area contributed by atoms with Crippen LogP contribution in [-0.2, 0) is 0 Å². The zero-order valence-corrected chi connectivity index (χ0v) is 12.2. The minimum atomic E-state index is -4.17. The lowest BCUT2D eigenvalue weighted by Crippen LogP contribution is -2.28. The average molecular weight is 302 g/mol. The van der Waals surface area contributed by atoms with Crippen molar-refractivity contribution in [2.24, 2.45) is 0 Å². The van der Waals surface area contributed by atoms with Crippen LogP contribution in [0.2, 0.25) is 0 Å². The zero-order chi connectivity index (χ0) is 15.3. The molecule has 0 amide bonds. The van der Waals surface area contributed by atoms with Gasteiger partial charge in [0.05, 0.1) is 13.0 Å². The summed E-state index contributed by atoms with van der Waals surface area (Å²) in [6.45, 7) is 5.52. The van der Waals surface area contributed by atoms with E-state index in [4.69, 9.17) is 4.74 Å². The average Bonchev–Trinajstić information content (AvgIpc) is 2.66. The van der Waals surface area contributed by atoms with Crippen LogP contribution in [0.1, 0.15) is 18.4 Å². The van der Waals surface area contributed by atoms with E-state index in [9.17, 15) is 13.2 Å². The van der Waals surface area contributed by atoms with E-state index in [0.717, 1.165) is 43.9 Å². The first-order chi connectivity index (χ1) is 9.96. The van der Waals surface area contributed by atoms with Gasteiger partial charge in [0, 0.05) is 25.3 Å². The van der Waals surface area contributed by atoms with Gasteiger partial charge < -0.3 is 15.0 Å². The van der Waals surface area contributed by atoms with Crippen molar-refractivity contribution in [1.29, 1.82) is 0 Å². The number of hydrogen-bond donors (Lipinski definition) is 1. The first kappa shape index (κ1) is 15.9. The van der Waals surface area contributed by atoms with Gasteiger partial charge in [-0.1, -0.05) is 0 Å². The molecule has 1 aromatic carbocycles. The lowest BCUT2D eigenvalue weighted by molar-refractivity contribution is -0.139. The molecule has 3 nitrogen and oxygen atoms in total. The summed E-state index contributed by atoms with van der Waals surface area (Å²) in [7, 11) is 0. The van der Waals surface area contributed by atoms with E-state index < -0.39 is 12.6 Å². The third kappa shape index (κ3) is 5.12. The minimum absolute atomic E-state index is 0.337. The Morgan fingerprint density at radius 1 is 1.24 bits per heavy atom. The van der Waals surface area contributed by atoms with Gasteiger partial charge in [-0.05, 0) is 43.7 Å². The summed E-state index contributed by atoms with van der Waals surface area (Å²) in [4.78, 5) is 2.30. The van der Waals surface area contributed by atoms with Gasteiger partial charge in [-0.15, -0.1) is 0 Å². The maximum Gasteiger partial charge on any atom is 0.392 e. The fraction of sp³-hybridized carbons (Fsp3) is 0.600. The minimum Gasteiger partial charge on any atom is -0.493 e. The van der Waals surface area contributed by atoms with E-state index in [2.05, 4.69) is 10.2 Å². The lowest BCUT2D eigenvalue weighted by Gasteiger charge is -2.24. The highest BCUT2D eigenvalue weighted by Gasteiger charge is 2.26. The Hall–Kier alpha value is -1.43. The molecule has 0 unspecified atom stereocenters.